The Morgan fingerprint density at radius 3 is 3.12 bits per heavy atom. The minimum absolute atomic E-state index is 0.107. The number of nitrogens with zero attached hydrogens (tertiary/aromatic N) is 1. The quantitative estimate of drug-likeness (QED) is 0.795. The van der Waals surface area contributed by atoms with Crippen molar-refractivity contribution in [1.29, 1.82) is 0 Å². The zero-order valence-corrected chi connectivity index (χ0v) is 9.40. The summed E-state index contributed by atoms with van der Waals surface area (Å²) in [6, 6.07) is 0.201. The molecule has 1 aromatic heterocycles. The Balaban J connectivity index is 2.00. The third-order valence-corrected chi connectivity index (χ3v) is 3.27. The van der Waals surface area contributed by atoms with Gasteiger partial charge in [-0.25, -0.2) is 0 Å². The number of carbonyl (C=O) groups excluding carboxylic acids is 1. The predicted molar refractivity (Wildman–Crippen MR) is 58.9 cm³/mol. The molecule has 88 valence electrons. The molecule has 1 amide bonds. The van der Waals surface area contributed by atoms with Gasteiger partial charge in [-0.3, -0.25) is 4.79 Å². The van der Waals surface area contributed by atoms with Crippen molar-refractivity contribution in [1.82, 2.24) is 10.5 Å². The topological polar surface area (TPSA) is 81.2 Å². The van der Waals surface area contributed by atoms with Gasteiger partial charge in [-0.15, -0.1) is 0 Å². The van der Waals surface area contributed by atoms with Crippen molar-refractivity contribution in [2.45, 2.75) is 32.2 Å². The van der Waals surface area contributed by atoms with Crippen LogP contribution in [-0.4, -0.2) is 23.7 Å². The summed E-state index contributed by atoms with van der Waals surface area (Å²) in [6.07, 6.45) is 4.70. The molecular formula is C11H17N3O2. The van der Waals surface area contributed by atoms with E-state index in [0.717, 1.165) is 19.3 Å². The molecule has 3 N–H and O–H groups in total. The van der Waals surface area contributed by atoms with Gasteiger partial charge >= 0.3 is 0 Å². The second kappa shape index (κ2) is 4.65. The summed E-state index contributed by atoms with van der Waals surface area (Å²) in [6.45, 7) is 2.37. The zero-order chi connectivity index (χ0) is 11.5. The summed E-state index contributed by atoms with van der Waals surface area (Å²) in [7, 11) is 0. The lowest BCUT2D eigenvalue weighted by Gasteiger charge is -2.18. The monoisotopic (exact) mass is 223 g/mol. The van der Waals surface area contributed by atoms with Crippen molar-refractivity contribution in [3.05, 3.63) is 17.5 Å². The van der Waals surface area contributed by atoms with E-state index in [4.69, 9.17) is 10.3 Å². The smallest absolute Gasteiger partial charge is 0.256 e. The highest BCUT2D eigenvalue weighted by Crippen LogP contribution is 2.25. The number of carbonyl (C=O) groups is 1. The van der Waals surface area contributed by atoms with Gasteiger partial charge in [0.1, 0.15) is 11.3 Å². The number of hydrogen-bond donors (Lipinski definition) is 2. The van der Waals surface area contributed by atoms with Gasteiger partial charge in [-0.2, -0.15) is 0 Å². The predicted octanol–water partition coefficient (Wildman–Crippen LogP) is 0.840. The molecule has 1 heterocycles. The van der Waals surface area contributed by atoms with Gasteiger partial charge in [0.15, 0.2) is 0 Å². The molecule has 0 radical (unpaired) electrons. The number of aromatic nitrogens is 1. The summed E-state index contributed by atoms with van der Waals surface area (Å²) >= 11 is 0. The first-order chi connectivity index (χ1) is 7.72. The fourth-order valence-electron chi connectivity index (χ4n) is 2.27. The van der Waals surface area contributed by atoms with E-state index in [0.29, 0.717) is 23.8 Å². The molecule has 1 aliphatic carbocycles. The van der Waals surface area contributed by atoms with Crippen LogP contribution < -0.4 is 11.1 Å². The maximum atomic E-state index is 11.9. The third kappa shape index (κ3) is 2.09. The van der Waals surface area contributed by atoms with Gasteiger partial charge in [-0.05, 0) is 32.2 Å². The van der Waals surface area contributed by atoms with E-state index in [-0.39, 0.29) is 11.9 Å². The lowest BCUT2D eigenvalue weighted by Crippen LogP contribution is -2.39. The van der Waals surface area contributed by atoms with Crippen molar-refractivity contribution in [3.8, 4) is 0 Å². The van der Waals surface area contributed by atoms with E-state index in [1.807, 2.05) is 0 Å². The van der Waals surface area contributed by atoms with E-state index in [2.05, 4.69) is 10.5 Å². The molecule has 16 heavy (non-hydrogen) atoms. The Kier molecular flexibility index (Phi) is 3.24. The number of amides is 1. The summed E-state index contributed by atoms with van der Waals surface area (Å²) in [5.74, 6) is 0.855. The fourth-order valence-corrected chi connectivity index (χ4v) is 2.27. The first-order valence-corrected chi connectivity index (χ1v) is 5.64. The highest BCUT2D eigenvalue weighted by Gasteiger charge is 2.28. The third-order valence-electron chi connectivity index (χ3n) is 3.27. The molecule has 2 atom stereocenters. The van der Waals surface area contributed by atoms with Crippen LogP contribution in [0.4, 0.5) is 0 Å². The van der Waals surface area contributed by atoms with Crippen LogP contribution in [0.25, 0.3) is 0 Å². The first-order valence-electron chi connectivity index (χ1n) is 5.64. The van der Waals surface area contributed by atoms with E-state index in [9.17, 15) is 4.79 Å². The molecular weight excluding hydrogens is 206 g/mol. The number of hydrogen-bond acceptors (Lipinski definition) is 4. The molecule has 0 bridgehead atoms. The maximum absolute atomic E-state index is 11.9. The minimum Gasteiger partial charge on any atom is -0.361 e. The molecule has 2 unspecified atom stereocenters. The van der Waals surface area contributed by atoms with E-state index < -0.39 is 0 Å². The standard InChI is InChI=1S/C11H17N3O2/c1-7-9(6-13-16-7)11(15)14-10-4-2-3-8(10)5-12/h6,8,10H,2-5,12H2,1H3,(H,14,15). The largest absolute Gasteiger partial charge is 0.361 e. The molecule has 2 rings (SSSR count). The Morgan fingerprint density at radius 2 is 2.50 bits per heavy atom. The minimum atomic E-state index is -0.107. The van der Waals surface area contributed by atoms with E-state index >= 15 is 0 Å². The van der Waals surface area contributed by atoms with Crippen LogP contribution in [0.5, 0.6) is 0 Å². The molecule has 5 nitrogen and oxygen atoms in total. The summed E-state index contributed by atoms with van der Waals surface area (Å²) in [5, 5.41) is 6.60. The Morgan fingerprint density at radius 1 is 1.69 bits per heavy atom. The van der Waals surface area contributed by atoms with Gasteiger partial charge in [0.25, 0.3) is 5.91 Å². The van der Waals surface area contributed by atoms with Crippen LogP contribution in [0.15, 0.2) is 10.7 Å². The van der Waals surface area contributed by atoms with Crippen LogP contribution in [0, 0.1) is 12.8 Å². The summed E-state index contributed by atoms with van der Waals surface area (Å²) < 4.78 is 4.87. The van der Waals surface area contributed by atoms with Gasteiger partial charge < -0.3 is 15.6 Å². The van der Waals surface area contributed by atoms with Crippen molar-refractivity contribution in [2.24, 2.45) is 11.7 Å². The molecule has 5 heteroatoms. The zero-order valence-electron chi connectivity index (χ0n) is 9.40. The molecule has 0 saturated heterocycles. The van der Waals surface area contributed by atoms with E-state index in [1.165, 1.54) is 6.20 Å². The van der Waals surface area contributed by atoms with Crippen molar-refractivity contribution >= 4 is 5.91 Å². The highest BCUT2D eigenvalue weighted by atomic mass is 16.5. The van der Waals surface area contributed by atoms with Crippen LogP contribution in [0.3, 0.4) is 0 Å². The molecule has 1 aromatic rings. The second-order valence-corrected chi connectivity index (χ2v) is 4.30. The van der Waals surface area contributed by atoms with Crippen molar-refractivity contribution in [2.75, 3.05) is 6.54 Å². The number of rotatable bonds is 3. The Labute approximate surface area is 94.4 Å². The van der Waals surface area contributed by atoms with Crippen LogP contribution >= 0.6 is 0 Å². The molecule has 0 aromatic carbocycles. The second-order valence-electron chi connectivity index (χ2n) is 4.30. The van der Waals surface area contributed by atoms with E-state index in [1.54, 1.807) is 6.92 Å². The fraction of sp³-hybridized carbons (Fsp3) is 0.636. The van der Waals surface area contributed by atoms with Gasteiger partial charge in [0, 0.05) is 6.04 Å². The molecule has 1 fully saturated rings. The Bertz CT molecular complexity index is 375. The number of aryl methyl sites for hydroxylation is 1. The number of nitrogens with two attached hydrogens (primary N) is 1. The van der Waals surface area contributed by atoms with Crippen molar-refractivity contribution < 1.29 is 9.32 Å². The molecule has 0 aliphatic heterocycles. The van der Waals surface area contributed by atoms with Gasteiger partial charge in [0.2, 0.25) is 0 Å². The van der Waals surface area contributed by atoms with Crippen LogP contribution in [0.2, 0.25) is 0 Å². The Hall–Kier alpha value is -1.36. The van der Waals surface area contributed by atoms with Gasteiger partial charge in [-0.1, -0.05) is 11.6 Å². The van der Waals surface area contributed by atoms with Crippen molar-refractivity contribution in [3.63, 3.8) is 0 Å². The number of nitrogens with one attached hydrogen (secondary N) is 1. The summed E-state index contributed by atoms with van der Waals surface area (Å²) in [5.41, 5.74) is 6.18. The average Bonchev–Trinajstić information content (AvgIpc) is 2.86. The normalized spacial score (nSPS) is 24.6. The maximum Gasteiger partial charge on any atom is 0.256 e. The lowest BCUT2D eigenvalue weighted by molar-refractivity contribution is 0.0927. The van der Waals surface area contributed by atoms with Gasteiger partial charge in [0.05, 0.1) is 6.20 Å². The first kappa shape index (κ1) is 11.1. The molecule has 1 aliphatic rings. The molecule has 0 spiro atoms. The van der Waals surface area contributed by atoms with Crippen LogP contribution in [0.1, 0.15) is 35.4 Å². The lowest BCUT2D eigenvalue weighted by atomic mass is 10.0. The highest BCUT2D eigenvalue weighted by molar-refractivity contribution is 5.94. The van der Waals surface area contributed by atoms with Crippen LogP contribution in [-0.2, 0) is 0 Å². The molecule has 1 saturated carbocycles. The summed E-state index contributed by atoms with van der Waals surface area (Å²) in [4.78, 5) is 11.9. The average molecular weight is 223 g/mol. The SMILES string of the molecule is Cc1oncc1C(=O)NC1CCCC1CN.